The largest absolute Gasteiger partial charge is 0.459 e. The third-order valence-electron chi connectivity index (χ3n) is 2.07. The van der Waals surface area contributed by atoms with E-state index in [2.05, 4.69) is 4.98 Å². The van der Waals surface area contributed by atoms with Crippen molar-refractivity contribution in [1.82, 2.24) is 4.98 Å². The van der Waals surface area contributed by atoms with Crippen molar-refractivity contribution in [3.63, 3.8) is 0 Å². The quantitative estimate of drug-likeness (QED) is 0.748. The number of carbonyl (C=O) groups excluding carboxylic acids is 1. The fourth-order valence-electron chi connectivity index (χ4n) is 1.23. The minimum atomic E-state index is 0.0426. The standard InChI is InChI=1S/C11H11NO2S/c1-3-8-4-5-9(14-8)11-12-6-10(15-11)7(2)13/h4-6H,3H2,1-2H3. The molecule has 0 aromatic carbocycles. The van der Waals surface area contributed by atoms with Gasteiger partial charge in [0.1, 0.15) is 5.76 Å². The Hall–Kier alpha value is -1.42. The first-order chi connectivity index (χ1) is 7.20. The molecule has 0 atom stereocenters. The third kappa shape index (κ3) is 1.99. The van der Waals surface area contributed by atoms with Crippen molar-refractivity contribution in [2.75, 3.05) is 0 Å². The van der Waals surface area contributed by atoms with Gasteiger partial charge in [0.15, 0.2) is 16.6 Å². The molecule has 0 spiro atoms. The first-order valence-electron chi connectivity index (χ1n) is 4.76. The van der Waals surface area contributed by atoms with Crippen molar-refractivity contribution in [2.45, 2.75) is 20.3 Å². The summed E-state index contributed by atoms with van der Waals surface area (Å²) in [5, 5.41) is 0.764. The highest BCUT2D eigenvalue weighted by Crippen LogP contribution is 2.27. The van der Waals surface area contributed by atoms with Gasteiger partial charge in [-0.3, -0.25) is 4.79 Å². The van der Waals surface area contributed by atoms with Crippen LogP contribution in [0, 0.1) is 0 Å². The van der Waals surface area contributed by atoms with E-state index < -0.39 is 0 Å². The van der Waals surface area contributed by atoms with E-state index in [-0.39, 0.29) is 5.78 Å². The zero-order valence-corrected chi connectivity index (χ0v) is 9.43. The number of ketones is 1. The summed E-state index contributed by atoms with van der Waals surface area (Å²) >= 11 is 1.36. The molecule has 0 saturated heterocycles. The van der Waals surface area contributed by atoms with E-state index >= 15 is 0 Å². The second-order valence-corrected chi connectivity index (χ2v) is 4.24. The van der Waals surface area contributed by atoms with Gasteiger partial charge >= 0.3 is 0 Å². The van der Waals surface area contributed by atoms with Crippen LogP contribution in [0.15, 0.2) is 22.7 Å². The van der Waals surface area contributed by atoms with Crippen LogP contribution in [-0.4, -0.2) is 10.8 Å². The van der Waals surface area contributed by atoms with E-state index in [4.69, 9.17) is 4.42 Å². The summed E-state index contributed by atoms with van der Waals surface area (Å²) in [5.74, 6) is 1.72. The van der Waals surface area contributed by atoms with Crippen LogP contribution in [0.4, 0.5) is 0 Å². The van der Waals surface area contributed by atoms with Crippen molar-refractivity contribution in [2.24, 2.45) is 0 Å². The molecule has 0 unspecified atom stereocenters. The van der Waals surface area contributed by atoms with Gasteiger partial charge in [-0.2, -0.15) is 0 Å². The predicted octanol–water partition coefficient (Wildman–Crippen LogP) is 3.17. The summed E-state index contributed by atoms with van der Waals surface area (Å²) in [4.78, 5) is 15.9. The maximum absolute atomic E-state index is 11.1. The molecule has 0 N–H and O–H groups in total. The fraction of sp³-hybridized carbons (Fsp3) is 0.273. The highest BCUT2D eigenvalue weighted by Gasteiger charge is 2.10. The molecular formula is C11H11NO2S. The second kappa shape index (κ2) is 3.98. The molecule has 0 aliphatic rings. The average molecular weight is 221 g/mol. The van der Waals surface area contributed by atoms with Crippen LogP contribution in [0.25, 0.3) is 10.8 Å². The van der Waals surface area contributed by atoms with Crippen LogP contribution in [0.1, 0.15) is 29.3 Å². The number of hydrogen-bond donors (Lipinski definition) is 0. The number of hydrogen-bond acceptors (Lipinski definition) is 4. The van der Waals surface area contributed by atoms with Crippen LogP contribution in [0.5, 0.6) is 0 Å². The predicted molar refractivity (Wildman–Crippen MR) is 59.2 cm³/mol. The maximum atomic E-state index is 11.1. The van der Waals surface area contributed by atoms with E-state index in [1.807, 2.05) is 19.1 Å². The molecule has 0 aliphatic heterocycles. The van der Waals surface area contributed by atoms with E-state index in [0.29, 0.717) is 4.88 Å². The molecule has 0 fully saturated rings. The Balaban J connectivity index is 2.32. The zero-order valence-electron chi connectivity index (χ0n) is 8.61. The number of carbonyl (C=O) groups is 1. The molecule has 2 rings (SSSR count). The van der Waals surface area contributed by atoms with Gasteiger partial charge in [0, 0.05) is 19.5 Å². The van der Waals surface area contributed by atoms with E-state index in [9.17, 15) is 4.79 Å². The van der Waals surface area contributed by atoms with Gasteiger partial charge in [-0.1, -0.05) is 6.92 Å². The van der Waals surface area contributed by atoms with Crippen molar-refractivity contribution >= 4 is 17.1 Å². The lowest BCUT2D eigenvalue weighted by Gasteiger charge is -1.89. The fourth-order valence-corrected chi connectivity index (χ4v) is 2.01. The Labute approximate surface area is 91.8 Å². The van der Waals surface area contributed by atoms with Crippen molar-refractivity contribution < 1.29 is 9.21 Å². The van der Waals surface area contributed by atoms with Gasteiger partial charge in [-0.25, -0.2) is 4.98 Å². The monoisotopic (exact) mass is 221 g/mol. The Morgan fingerprint density at radius 3 is 2.87 bits per heavy atom. The number of aryl methyl sites for hydroxylation is 1. The normalized spacial score (nSPS) is 10.5. The molecule has 2 aromatic heterocycles. The Morgan fingerprint density at radius 2 is 2.33 bits per heavy atom. The number of thiazole rings is 1. The average Bonchev–Trinajstić information content (AvgIpc) is 2.86. The molecule has 15 heavy (non-hydrogen) atoms. The summed E-state index contributed by atoms with van der Waals surface area (Å²) in [6.07, 6.45) is 2.46. The lowest BCUT2D eigenvalue weighted by molar-refractivity contribution is 0.102. The number of nitrogens with zero attached hydrogens (tertiary/aromatic N) is 1. The van der Waals surface area contributed by atoms with Crippen LogP contribution in [-0.2, 0) is 6.42 Å². The third-order valence-corrected chi connectivity index (χ3v) is 3.19. The highest BCUT2D eigenvalue weighted by atomic mass is 32.1. The van der Waals surface area contributed by atoms with E-state index in [1.54, 1.807) is 6.20 Å². The zero-order chi connectivity index (χ0) is 10.8. The molecule has 2 heterocycles. The summed E-state index contributed by atoms with van der Waals surface area (Å²) in [5.41, 5.74) is 0. The first kappa shape index (κ1) is 10.1. The lowest BCUT2D eigenvalue weighted by Crippen LogP contribution is -1.83. The van der Waals surface area contributed by atoms with Crippen LogP contribution in [0.3, 0.4) is 0 Å². The van der Waals surface area contributed by atoms with Crippen LogP contribution >= 0.6 is 11.3 Å². The second-order valence-electron chi connectivity index (χ2n) is 3.21. The molecule has 4 heteroatoms. The van der Waals surface area contributed by atoms with Gasteiger partial charge in [-0.15, -0.1) is 11.3 Å². The molecule has 0 aliphatic carbocycles. The van der Waals surface area contributed by atoms with E-state index in [0.717, 1.165) is 22.9 Å². The smallest absolute Gasteiger partial charge is 0.171 e. The summed E-state index contributed by atoms with van der Waals surface area (Å²) < 4.78 is 5.55. The summed E-state index contributed by atoms with van der Waals surface area (Å²) in [6.45, 7) is 3.57. The lowest BCUT2D eigenvalue weighted by atomic mass is 10.4. The van der Waals surface area contributed by atoms with Gasteiger partial charge in [0.25, 0.3) is 0 Å². The van der Waals surface area contributed by atoms with Gasteiger partial charge in [0.2, 0.25) is 0 Å². The first-order valence-corrected chi connectivity index (χ1v) is 5.58. The molecule has 0 saturated carbocycles. The van der Waals surface area contributed by atoms with Crippen LogP contribution < -0.4 is 0 Å². The molecule has 0 radical (unpaired) electrons. The van der Waals surface area contributed by atoms with Crippen molar-refractivity contribution in [3.8, 4) is 10.8 Å². The van der Waals surface area contributed by atoms with Gasteiger partial charge in [0.05, 0.1) is 4.88 Å². The van der Waals surface area contributed by atoms with E-state index in [1.165, 1.54) is 18.3 Å². The molecule has 2 aromatic rings. The van der Waals surface area contributed by atoms with Gasteiger partial charge in [-0.05, 0) is 12.1 Å². The Morgan fingerprint density at radius 1 is 1.53 bits per heavy atom. The maximum Gasteiger partial charge on any atom is 0.171 e. The number of Topliss-reactive ketones (excluding diaryl/α,β-unsaturated/α-hetero) is 1. The molecular weight excluding hydrogens is 210 g/mol. The van der Waals surface area contributed by atoms with Crippen molar-refractivity contribution in [3.05, 3.63) is 29.0 Å². The SMILES string of the molecule is CCc1ccc(-c2ncc(C(C)=O)s2)o1. The summed E-state index contributed by atoms with van der Waals surface area (Å²) in [7, 11) is 0. The van der Waals surface area contributed by atoms with Crippen molar-refractivity contribution in [1.29, 1.82) is 0 Å². The topological polar surface area (TPSA) is 43.1 Å². The number of aromatic nitrogens is 1. The Bertz CT molecular complexity index is 484. The minimum absolute atomic E-state index is 0.0426. The highest BCUT2D eigenvalue weighted by molar-refractivity contribution is 7.16. The Kier molecular flexibility index (Phi) is 2.68. The molecule has 3 nitrogen and oxygen atoms in total. The summed E-state index contributed by atoms with van der Waals surface area (Å²) in [6, 6.07) is 3.83. The molecule has 78 valence electrons. The minimum Gasteiger partial charge on any atom is -0.459 e. The molecule has 0 bridgehead atoms. The number of furan rings is 1. The number of rotatable bonds is 3. The van der Waals surface area contributed by atoms with Gasteiger partial charge < -0.3 is 4.42 Å². The van der Waals surface area contributed by atoms with Crippen LogP contribution in [0.2, 0.25) is 0 Å². The molecule has 0 amide bonds.